The Hall–Kier alpha value is -2.32. The summed E-state index contributed by atoms with van der Waals surface area (Å²) < 4.78 is 13.3. The molecule has 0 aliphatic carbocycles. The van der Waals surface area contributed by atoms with E-state index in [1.165, 1.54) is 12.3 Å². The van der Waals surface area contributed by atoms with Gasteiger partial charge in [-0.25, -0.2) is 9.97 Å². The zero-order valence-electron chi connectivity index (χ0n) is 12.0. The van der Waals surface area contributed by atoms with E-state index in [1.807, 2.05) is 0 Å². The van der Waals surface area contributed by atoms with Crippen LogP contribution in [0.3, 0.4) is 0 Å². The molecule has 1 aliphatic rings. The van der Waals surface area contributed by atoms with E-state index >= 15 is 0 Å². The summed E-state index contributed by atoms with van der Waals surface area (Å²) in [4.78, 5) is 35.7. The predicted molar refractivity (Wildman–Crippen MR) is 83.1 cm³/mol. The van der Waals surface area contributed by atoms with Crippen molar-refractivity contribution in [3.63, 3.8) is 0 Å². The lowest BCUT2D eigenvalue weighted by Crippen LogP contribution is -2.32. The molecule has 2 N–H and O–H groups in total. The molecular weight excluding hydrogens is 325 g/mol. The van der Waals surface area contributed by atoms with Crippen molar-refractivity contribution in [2.45, 2.75) is 0 Å². The second-order valence-corrected chi connectivity index (χ2v) is 5.43. The lowest BCUT2D eigenvalue weighted by molar-refractivity contribution is -0.116. The average Bonchev–Trinajstić information content (AvgIpc) is 2.74. The van der Waals surface area contributed by atoms with Crippen LogP contribution in [0, 0.1) is 5.95 Å². The Labute approximate surface area is 135 Å². The van der Waals surface area contributed by atoms with Gasteiger partial charge in [0, 0.05) is 30.9 Å². The molecule has 9 heteroatoms. The molecule has 120 valence electrons. The molecule has 0 amide bonds. The zero-order chi connectivity index (χ0) is 16.4. The molecule has 0 aromatic carbocycles. The van der Waals surface area contributed by atoms with E-state index in [0.717, 1.165) is 6.07 Å². The predicted octanol–water partition coefficient (Wildman–Crippen LogP) is 0.603. The summed E-state index contributed by atoms with van der Waals surface area (Å²) in [6, 6.07) is 2.68. The molecule has 0 atom stereocenters. The third kappa shape index (κ3) is 3.38. The van der Waals surface area contributed by atoms with Crippen LogP contribution in [0.5, 0.6) is 0 Å². The first-order valence-corrected chi connectivity index (χ1v) is 7.31. The fourth-order valence-electron chi connectivity index (χ4n) is 2.31. The number of rotatable bonds is 2. The van der Waals surface area contributed by atoms with Crippen LogP contribution in [-0.4, -0.2) is 46.9 Å². The largest absolute Gasteiger partial charge is 0.346 e. The minimum atomic E-state index is -0.684. The Morgan fingerprint density at radius 1 is 1.35 bits per heavy atom. The van der Waals surface area contributed by atoms with Gasteiger partial charge in [0.25, 0.3) is 5.56 Å². The van der Waals surface area contributed by atoms with Crippen LogP contribution in [0.2, 0.25) is 5.02 Å². The highest BCUT2D eigenvalue weighted by Gasteiger charge is 2.21. The fraction of sp³-hybridized carbons (Fsp3) is 0.286. The number of carbonyl (C=O) groups excluding carboxylic acids is 1. The van der Waals surface area contributed by atoms with Gasteiger partial charge in [-0.15, -0.1) is 0 Å². The molecule has 0 radical (unpaired) electrons. The highest BCUT2D eigenvalue weighted by molar-refractivity contribution is 6.32. The van der Waals surface area contributed by atoms with E-state index in [4.69, 9.17) is 11.6 Å². The van der Waals surface area contributed by atoms with Crippen molar-refractivity contribution in [1.82, 2.24) is 20.3 Å². The first kappa shape index (κ1) is 15.6. The highest BCUT2D eigenvalue weighted by Crippen LogP contribution is 2.23. The van der Waals surface area contributed by atoms with Crippen molar-refractivity contribution >= 4 is 23.2 Å². The van der Waals surface area contributed by atoms with Gasteiger partial charge in [0.1, 0.15) is 10.8 Å². The van der Waals surface area contributed by atoms with E-state index in [1.54, 1.807) is 4.90 Å². The Balaban J connectivity index is 2.06. The average molecular weight is 338 g/mol. The summed E-state index contributed by atoms with van der Waals surface area (Å²) in [6.07, 6.45) is 1.28. The zero-order valence-corrected chi connectivity index (χ0v) is 12.7. The molecular formula is C14H13ClFN5O2. The van der Waals surface area contributed by atoms with Gasteiger partial charge in [0.2, 0.25) is 5.95 Å². The number of hydrogen-bond acceptors (Lipinski definition) is 6. The summed E-state index contributed by atoms with van der Waals surface area (Å²) in [5.41, 5.74) is -0.180. The molecule has 3 heterocycles. The van der Waals surface area contributed by atoms with Crippen molar-refractivity contribution in [1.29, 1.82) is 0 Å². The van der Waals surface area contributed by atoms with Crippen LogP contribution in [-0.2, 0) is 4.79 Å². The number of nitrogens with one attached hydrogen (secondary N) is 2. The third-order valence-corrected chi connectivity index (χ3v) is 3.73. The van der Waals surface area contributed by atoms with Gasteiger partial charge in [-0.05, 0) is 6.07 Å². The summed E-state index contributed by atoms with van der Waals surface area (Å²) >= 11 is 6.05. The van der Waals surface area contributed by atoms with Gasteiger partial charge in [-0.1, -0.05) is 11.6 Å². The lowest BCUT2D eigenvalue weighted by atomic mass is 10.2. The fourth-order valence-corrected chi connectivity index (χ4v) is 2.52. The van der Waals surface area contributed by atoms with Crippen molar-refractivity contribution in [3.05, 3.63) is 39.7 Å². The molecule has 0 unspecified atom stereocenters. The number of H-pyrrole nitrogens is 1. The maximum Gasteiger partial charge on any atom is 0.272 e. The number of aromatic nitrogens is 3. The van der Waals surface area contributed by atoms with Gasteiger partial charge in [-0.2, -0.15) is 4.39 Å². The summed E-state index contributed by atoms with van der Waals surface area (Å²) in [6.45, 7) is 1.41. The summed E-state index contributed by atoms with van der Waals surface area (Å²) in [5.74, 6) is -0.340. The van der Waals surface area contributed by atoms with Crippen molar-refractivity contribution in [2.24, 2.45) is 0 Å². The molecule has 0 saturated carbocycles. The van der Waals surface area contributed by atoms with Crippen molar-refractivity contribution in [3.8, 4) is 11.4 Å². The SMILES string of the molecule is O=C1CNCCN(c2nc(-c3ccnc(F)c3)[nH]c(=O)c2Cl)C1. The number of nitrogens with zero attached hydrogens (tertiary/aromatic N) is 3. The molecule has 0 spiro atoms. The van der Waals surface area contributed by atoms with E-state index < -0.39 is 11.5 Å². The number of anilines is 1. The topological polar surface area (TPSA) is 91.0 Å². The molecule has 1 fully saturated rings. The first-order valence-electron chi connectivity index (χ1n) is 6.93. The summed E-state index contributed by atoms with van der Waals surface area (Å²) in [5, 5.41) is 2.88. The number of Topliss-reactive ketones (excluding diaryl/α,β-unsaturated/α-hetero) is 1. The molecule has 2 aromatic heterocycles. The van der Waals surface area contributed by atoms with Gasteiger partial charge in [0.05, 0.1) is 13.1 Å². The van der Waals surface area contributed by atoms with Gasteiger partial charge in [0.15, 0.2) is 11.6 Å². The number of pyridine rings is 1. The summed E-state index contributed by atoms with van der Waals surface area (Å²) in [7, 11) is 0. The standard InChI is InChI=1S/C14H13ClFN5O2/c15-11-13(21-4-3-17-6-9(22)7-21)19-12(20-14(11)23)8-1-2-18-10(16)5-8/h1-2,5,17H,3-4,6-7H2,(H,19,20,23). The molecule has 23 heavy (non-hydrogen) atoms. The number of aromatic amines is 1. The number of halogens is 2. The lowest BCUT2D eigenvalue weighted by Gasteiger charge is -2.21. The third-order valence-electron chi connectivity index (χ3n) is 3.39. The van der Waals surface area contributed by atoms with Gasteiger partial charge < -0.3 is 15.2 Å². The van der Waals surface area contributed by atoms with Gasteiger partial charge >= 0.3 is 0 Å². The van der Waals surface area contributed by atoms with Crippen LogP contribution in [0.15, 0.2) is 23.1 Å². The smallest absolute Gasteiger partial charge is 0.272 e. The normalized spacial score (nSPS) is 15.6. The minimum absolute atomic E-state index is 0.0304. The van der Waals surface area contributed by atoms with Crippen LogP contribution in [0.25, 0.3) is 11.4 Å². The Morgan fingerprint density at radius 2 is 2.17 bits per heavy atom. The van der Waals surface area contributed by atoms with E-state index in [-0.39, 0.29) is 35.5 Å². The number of hydrogen-bond donors (Lipinski definition) is 2. The molecule has 3 rings (SSSR count). The molecule has 0 bridgehead atoms. The van der Waals surface area contributed by atoms with Crippen LogP contribution >= 0.6 is 11.6 Å². The monoisotopic (exact) mass is 337 g/mol. The van der Waals surface area contributed by atoms with Crippen LogP contribution in [0.1, 0.15) is 0 Å². The first-order chi connectivity index (χ1) is 11.0. The second kappa shape index (κ2) is 6.43. The minimum Gasteiger partial charge on any atom is -0.346 e. The molecule has 2 aromatic rings. The maximum absolute atomic E-state index is 13.3. The van der Waals surface area contributed by atoms with E-state index in [0.29, 0.717) is 18.7 Å². The van der Waals surface area contributed by atoms with E-state index in [2.05, 4.69) is 20.3 Å². The quantitative estimate of drug-likeness (QED) is 0.780. The molecule has 1 saturated heterocycles. The van der Waals surface area contributed by atoms with Crippen LogP contribution in [0.4, 0.5) is 10.2 Å². The van der Waals surface area contributed by atoms with E-state index in [9.17, 15) is 14.0 Å². The Morgan fingerprint density at radius 3 is 2.96 bits per heavy atom. The van der Waals surface area contributed by atoms with Crippen LogP contribution < -0.4 is 15.8 Å². The number of ketones is 1. The maximum atomic E-state index is 13.3. The second-order valence-electron chi connectivity index (χ2n) is 5.06. The molecule has 7 nitrogen and oxygen atoms in total. The Kier molecular flexibility index (Phi) is 4.35. The van der Waals surface area contributed by atoms with Gasteiger partial charge in [-0.3, -0.25) is 9.59 Å². The number of carbonyl (C=O) groups is 1. The Bertz CT molecular complexity index is 810. The highest BCUT2D eigenvalue weighted by atomic mass is 35.5. The van der Waals surface area contributed by atoms with Crippen molar-refractivity contribution < 1.29 is 9.18 Å². The molecule has 1 aliphatic heterocycles. The van der Waals surface area contributed by atoms with Crippen molar-refractivity contribution in [2.75, 3.05) is 31.1 Å².